The fraction of sp³-hybridized carbons (Fsp3) is 0.333. The molecule has 0 fully saturated rings. The van der Waals surface area contributed by atoms with Crippen molar-refractivity contribution in [3.63, 3.8) is 0 Å². The third-order valence-corrected chi connectivity index (χ3v) is 6.74. The molecule has 1 heterocycles. The Labute approximate surface area is 222 Å². The molecular weight excluding hydrogens is 514 g/mol. The van der Waals surface area contributed by atoms with Crippen LogP contribution in [-0.2, 0) is 13.0 Å². The van der Waals surface area contributed by atoms with Gasteiger partial charge in [-0.1, -0.05) is 58.2 Å². The number of aromatic nitrogens is 2. The second-order valence-corrected chi connectivity index (χ2v) is 10.0. The van der Waals surface area contributed by atoms with E-state index >= 15 is 0 Å². The highest BCUT2D eigenvalue weighted by Crippen LogP contribution is 2.19. The van der Waals surface area contributed by atoms with E-state index in [1.807, 2.05) is 42.5 Å². The molecule has 0 bridgehead atoms. The molecule has 6 heteroatoms. The Morgan fingerprint density at radius 2 is 1.78 bits per heavy atom. The Kier molecular flexibility index (Phi) is 9.56. The molecule has 0 radical (unpaired) electrons. The molecule has 0 spiro atoms. The topological polar surface area (TPSA) is 56.1 Å². The van der Waals surface area contributed by atoms with Crippen molar-refractivity contribution in [2.75, 3.05) is 13.2 Å². The zero-order chi connectivity index (χ0) is 25.2. The molecule has 0 aliphatic rings. The lowest BCUT2D eigenvalue weighted by atomic mass is 10.1. The van der Waals surface area contributed by atoms with Crippen LogP contribution in [0.5, 0.6) is 5.75 Å². The fourth-order valence-corrected chi connectivity index (χ4v) is 4.68. The lowest BCUT2D eigenvalue weighted by Gasteiger charge is -2.11. The van der Waals surface area contributed by atoms with Crippen molar-refractivity contribution in [2.45, 2.75) is 52.0 Å². The van der Waals surface area contributed by atoms with Crippen molar-refractivity contribution < 1.29 is 9.53 Å². The van der Waals surface area contributed by atoms with Crippen LogP contribution in [0, 0.1) is 6.92 Å². The summed E-state index contributed by atoms with van der Waals surface area (Å²) in [6.07, 6.45) is 6.03. The van der Waals surface area contributed by atoms with E-state index in [9.17, 15) is 4.79 Å². The molecule has 1 amide bonds. The van der Waals surface area contributed by atoms with Crippen molar-refractivity contribution in [1.82, 2.24) is 14.9 Å². The predicted octanol–water partition coefficient (Wildman–Crippen LogP) is 7.11. The molecule has 1 aromatic heterocycles. The molecular formula is C30H34BrN3O2. The number of amides is 1. The molecule has 0 unspecified atom stereocenters. The fourth-order valence-electron chi connectivity index (χ4n) is 4.28. The molecule has 36 heavy (non-hydrogen) atoms. The van der Waals surface area contributed by atoms with E-state index in [1.54, 1.807) is 0 Å². The number of nitrogens with zero attached hydrogens (tertiary/aromatic N) is 2. The number of rotatable bonds is 13. The number of imidazole rings is 1. The molecule has 0 saturated heterocycles. The Morgan fingerprint density at radius 1 is 0.944 bits per heavy atom. The summed E-state index contributed by atoms with van der Waals surface area (Å²) in [5.41, 5.74) is 4.19. The number of nitrogens with one attached hydrogen (secondary N) is 1. The average Bonchev–Trinajstić information content (AvgIpc) is 3.24. The van der Waals surface area contributed by atoms with E-state index in [0.29, 0.717) is 12.1 Å². The lowest BCUT2D eigenvalue weighted by Crippen LogP contribution is -2.24. The van der Waals surface area contributed by atoms with Crippen molar-refractivity contribution in [2.24, 2.45) is 0 Å². The van der Waals surface area contributed by atoms with Gasteiger partial charge in [0.1, 0.15) is 11.6 Å². The van der Waals surface area contributed by atoms with Gasteiger partial charge < -0.3 is 14.6 Å². The average molecular weight is 549 g/mol. The third-order valence-electron chi connectivity index (χ3n) is 6.25. The quantitative estimate of drug-likeness (QED) is 0.181. The zero-order valence-corrected chi connectivity index (χ0v) is 22.5. The summed E-state index contributed by atoms with van der Waals surface area (Å²) in [5, 5.41) is 3.02. The minimum atomic E-state index is -0.0237. The van der Waals surface area contributed by atoms with Gasteiger partial charge in [0.05, 0.1) is 17.6 Å². The summed E-state index contributed by atoms with van der Waals surface area (Å²) < 4.78 is 9.18. The van der Waals surface area contributed by atoms with Gasteiger partial charge in [0.25, 0.3) is 5.91 Å². The van der Waals surface area contributed by atoms with Gasteiger partial charge in [-0.3, -0.25) is 4.79 Å². The van der Waals surface area contributed by atoms with Crippen molar-refractivity contribution in [3.05, 3.63) is 94.2 Å². The summed E-state index contributed by atoms with van der Waals surface area (Å²) in [6, 6.07) is 24.1. The van der Waals surface area contributed by atoms with Gasteiger partial charge in [-0.15, -0.1) is 0 Å². The standard InChI is InChI=1S/C30H34BrN3O2/c1-23-15-17-26(18-16-23)36-21-8-7-20-34-28-13-5-4-12-27(28)33-29(34)14-3-2-6-19-32-30(35)24-10-9-11-25(31)22-24/h4-5,9-13,15-18,22H,2-3,6-8,14,19-21H2,1H3,(H,32,35). The number of aryl methyl sites for hydroxylation is 3. The highest BCUT2D eigenvalue weighted by Gasteiger charge is 2.10. The maximum Gasteiger partial charge on any atom is 0.251 e. The Balaban J connectivity index is 1.21. The summed E-state index contributed by atoms with van der Waals surface area (Å²) in [5.74, 6) is 2.06. The molecule has 0 aliphatic carbocycles. The minimum absolute atomic E-state index is 0.0237. The minimum Gasteiger partial charge on any atom is -0.494 e. The molecule has 0 atom stereocenters. The normalized spacial score (nSPS) is 11.1. The van der Waals surface area contributed by atoms with Crippen LogP contribution in [0.25, 0.3) is 11.0 Å². The van der Waals surface area contributed by atoms with Gasteiger partial charge >= 0.3 is 0 Å². The molecule has 4 aromatic rings. The summed E-state index contributed by atoms with van der Waals surface area (Å²) >= 11 is 3.41. The van der Waals surface area contributed by atoms with Gasteiger partial charge in [-0.2, -0.15) is 0 Å². The zero-order valence-electron chi connectivity index (χ0n) is 20.9. The number of carbonyl (C=O) groups excluding carboxylic acids is 1. The van der Waals surface area contributed by atoms with Crippen LogP contribution in [-0.4, -0.2) is 28.6 Å². The largest absolute Gasteiger partial charge is 0.494 e. The van der Waals surface area contributed by atoms with Gasteiger partial charge in [0.2, 0.25) is 0 Å². The van der Waals surface area contributed by atoms with Crippen LogP contribution >= 0.6 is 15.9 Å². The van der Waals surface area contributed by atoms with Crippen LogP contribution in [0.1, 0.15) is 53.8 Å². The Bertz CT molecular complexity index is 1270. The van der Waals surface area contributed by atoms with E-state index < -0.39 is 0 Å². The maximum atomic E-state index is 12.3. The van der Waals surface area contributed by atoms with Crippen LogP contribution in [0.2, 0.25) is 0 Å². The van der Waals surface area contributed by atoms with Gasteiger partial charge in [0.15, 0.2) is 0 Å². The van der Waals surface area contributed by atoms with Crippen LogP contribution in [0.3, 0.4) is 0 Å². The van der Waals surface area contributed by atoms with Gasteiger partial charge in [0, 0.05) is 29.5 Å². The number of hydrogen-bond donors (Lipinski definition) is 1. The van der Waals surface area contributed by atoms with E-state index in [-0.39, 0.29) is 5.91 Å². The number of halogens is 1. The molecule has 0 saturated carbocycles. The van der Waals surface area contributed by atoms with Crippen LogP contribution < -0.4 is 10.1 Å². The van der Waals surface area contributed by atoms with Crippen LogP contribution in [0.15, 0.2) is 77.3 Å². The second-order valence-electron chi connectivity index (χ2n) is 9.11. The van der Waals surface area contributed by atoms with E-state index in [1.165, 1.54) is 11.1 Å². The lowest BCUT2D eigenvalue weighted by molar-refractivity contribution is 0.0953. The summed E-state index contributed by atoms with van der Waals surface area (Å²) in [4.78, 5) is 17.2. The molecule has 5 nitrogen and oxygen atoms in total. The molecule has 3 aromatic carbocycles. The SMILES string of the molecule is Cc1ccc(OCCCCn2c(CCCCCNC(=O)c3cccc(Br)c3)nc3ccccc32)cc1. The number of ether oxygens (including phenoxy) is 1. The van der Waals surface area contributed by atoms with Crippen molar-refractivity contribution in [3.8, 4) is 5.75 Å². The molecule has 188 valence electrons. The number of carbonyl (C=O) groups is 1. The Hall–Kier alpha value is -3.12. The third kappa shape index (κ3) is 7.44. The highest BCUT2D eigenvalue weighted by molar-refractivity contribution is 9.10. The molecule has 1 N–H and O–H groups in total. The first-order chi connectivity index (χ1) is 17.6. The molecule has 0 aliphatic heterocycles. The monoisotopic (exact) mass is 547 g/mol. The first kappa shape index (κ1) is 26.0. The second kappa shape index (κ2) is 13.3. The van der Waals surface area contributed by atoms with Crippen molar-refractivity contribution in [1.29, 1.82) is 0 Å². The molecule has 4 rings (SSSR count). The smallest absolute Gasteiger partial charge is 0.251 e. The summed E-state index contributed by atoms with van der Waals surface area (Å²) in [7, 11) is 0. The van der Waals surface area contributed by atoms with Crippen LogP contribution in [0.4, 0.5) is 0 Å². The van der Waals surface area contributed by atoms with Gasteiger partial charge in [-0.25, -0.2) is 4.98 Å². The van der Waals surface area contributed by atoms with E-state index in [2.05, 4.69) is 63.1 Å². The number of fused-ring (bicyclic) bond motifs is 1. The summed E-state index contributed by atoms with van der Waals surface area (Å²) in [6.45, 7) is 4.43. The Morgan fingerprint density at radius 3 is 2.61 bits per heavy atom. The number of para-hydroxylation sites is 2. The first-order valence-corrected chi connectivity index (χ1v) is 13.6. The number of unbranched alkanes of at least 4 members (excludes halogenated alkanes) is 3. The van der Waals surface area contributed by atoms with Crippen molar-refractivity contribution >= 4 is 32.9 Å². The first-order valence-electron chi connectivity index (χ1n) is 12.8. The maximum absolute atomic E-state index is 12.3. The highest BCUT2D eigenvalue weighted by atomic mass is 79.9. The van der Waals surface area contributed by atoms with Gasteiger partial charge in [-0.05, 0) is 75.1 Å². The number of hydrogen-bond acceptors (Lipinski definition) is 3. The van der Waals surface area contributed by atoms with E-state index in [0.717, 1.165) is 73.2 Å². The van der Waals surface area contributed by atoms with E-state index in [4.69, 9.17) is 9.72 Å². The number of benzene rings is 3. The predicted molar refractivity (Wildman–Crippen MR) is 150 cm³/mol.